The van der Waals surface area contributed by atoms with Gasteiger partial charge in [-0.25, -0.2) is 8.42 Å². The first-order valence-electron chi connectivity index (χ1n) is 7.22. The molecule has 122 valence electrons. The molecular weight excluding hydrogens is 312 g/mol. The van der Waals surface area contributed by atoms with Crippen LogP contribution in [-0.4, -0.2) is 27.9 Å². The largest absolute Gasteiger partial charge is 0.358 e. The number of rotatable bonds is 5. The molecule has 0 saturated heterocycles. The van der Waals surface area contributed by atoms with Crippen LogP contribution >= 0.6 is 0 Å². The van der Waals surface area contributed by atoms with Crippen molar-refractivity contribution in [2.75, 3.05) is 17.9 Å². The molecule has 0 aromatic heterocycles. The van der Waals surface area contributed by atoms with Crippen molar-refractivity contribution in [3.8, 4) is 0 Å². The Morgan fingerprint density at radius 1 is 1.09 bits per heavy atom. The maximum absolute atomic E-state index is 13.0. The van der Waals surface area contributed by atoms with Crippen LogP contribution in [0.2, 0.25) is 0 Å². The lowest BCUT2D eigenvalue weighted by atomic mass is 10.2. The van der Waals surface area contributed by atoms with E-state index in [0.717, 1.165) is 15.4 Å². The minimum atomic E-state index is -3.83. The lowest BCUT2D eigenvalue weighted by Crippen LogP contribution is -2.40. The average molecular weight is 332 g/mol. The van der Waals surface area contributed by atoms with Gasteiger partial charge in [-0.1, -0.05) is 30.3 Å². The predicted molar refractivity (Wildman–Crippen MR) is 91.0 cm³/mol. The Bertz CT molecular complexity index is 816. The number of carbonyl (C=O) groups is 1. The number of nitrogens with zero attached hydrogens (tertiary/aromatic N) is 1. The summed E-state index contributed by atoms with van der Waals surface area (Å²) in [5.41, 5.74) is 2.13. The lowest BCUT2D eigenvalue weighted by Gasteiger charge is -2.25. The number of nitrogens with one attached hydrogen (secondary N) is 1. The second-order valence-corrected chi connectivity index (χ2v) is 7.15. The average Bonchev–Trinajstić information content (AvgIpc) is 2.53. The van der Waals surface area contributed by atoms with Gasteiger partial charge in [-0.3, -0.25) is 9.10 Å². The quantitative estimate of drug-likeness (QED) is 0.913. The number of benzene rings is 2. The van der Waals surface area contributed by atoms with Gasteiger partial charge in [-0.15, -0.1) is 0 Å². The third-order valence-electron chi connectivity index (χ3n) is 3.53. The highest BCUT2D eigenvalue weighted by atomic mass is 32.2. The molecule has 0 radical (unpaired) electrons. The first-order chi connectivity index (χ1) is 10.9. The number of carbonyl (C=O) groups excluding carboxylic acids is 1. The summed E-state index contributed by atoms with van der Waals surface area (Å²) in [6, 6.07) is 13.8. The molecule has 0 aliphatic carbocycles. The van der Waals surface area contributed by atoms with Crippen molar-refractivity contribution in [1.82, 2.24) is 5.32 Å². The minimum absolute atomic E-state index is 0.171. The third kappa shape index (κ3) is 3.71. The molecule has 0 aliphatic rings. The van der Waals surface area contributed by atoms with E-state index in [0.29, 0.717) is 5.69 Å². The fourth-order valence-corrected chi connectivity index (χ4v) is 3.85. The van der Waals surface area contributed by atoms with Crippen molar-refractivity contribution in [3.63, 3.8) is 0 Å². The van der Waals surface area contributed by atoms with Crippen LogP contribution in [0.25, 0.3) is 0 Å². The first kappa shape index (κ1) is 17.0. The topological polar surface area (TPSA) is 66.5 Å². The molecule has 0 aliphatic heterocycles. The Morgan fingerprint density at radius 2 is 1.78 bits per heavy atom. The molecule has 2 aromatic rings. The third-order valence-corrected chi connectivity index (χ3v) is 5.28. The van der Waals surface area contributed by atoms with Crippen molar-refractivity contribution in [3.05, 3.63) is 59.7 Å². The summed E-state index contributed by atoms with van der Waals surface area (Å²) in [7, 11) is -2.35. The van der Waals surface area contributed by atoms with E-state index in [9.17, 15) is 13.2 Å². The Balaban J connectivity index is 2.57. The Morgan fingerprint density at radius 3 is 2.39 bits per heavy atom. The van der Waals surface area contributed by atoms with Crippen molar-refractivity contribution in [1.29, 1.82) is 0 Å². The maximum atomic E-state index is 13.0. The van der Waals surface area contributed by atoms with Gasteiger partial charge in [0.15, 0.2) is 0 Å². The highest BCUT2D eigenvalue weighted by Crippen LogP contribution is 2.26. The van der Waals surface area contributed by atoms with Gasteiger partial charge in [-0.2, -0.15) is 0 Å². The van der Waals surface area contributed by atoms with Crippen LogP contribution in [0.5, 0.6) is 0 Å². The van der Waals surface area contributed by atoms with Gasteiger partial charge >= 0.3 is 0 Å². The normalized spacial score (nSPS) is 11.1. The van der Waals surface area contributed by atoms with Gasteiger partial charge in [0.25, 0.3) is 10.0 Å². The zero-order valence-electron chi connectivity index (χ0n) is 13.4. The second kappa shape index (κ2) is 6.83. The van der Waals surface area contributed by atoms with E-state index in [2.05, 4.69) is 5.32 Å². The SMILES string of the molecule is CNC(=O)CN(c1ccccc1C)S(=O)(=O)c1cccc(C)c1. The monoisotopic (exact) mass is 332 g/mol. The molecule has 1 N–H and O–H groups in total. The van der Waals surface area contributed by atoms with Crippen molar-refractivity contribution < 1.29 is 13.2 Å². The molecule has 2 rings (SSSR count). The van der Waals surface area contributed by atoms with E-state index in [1.807, 2.05) is 32.0 Å². The summed E-state index contributed by atoms with van der Waals surface area (Å²) >= 11 is 0. The Kier molecular flexibility index (Phi) is 5.05. The number of aryl methyl sites for hydroxylation is 2. The van der Waals surface area contributed by atoms with Crippen LogP contribution < -0.4 is 9.62 Å². The molecule has 1 amide bonds. The number of hydrogen-bond acceptors (Lipinski definition) is 3. The zero-order chi connectivity index (χ0) is 17.0. The summed E-state index contributed by atoms with van der Waals surface area (Å²) < 4.78 is 27.2. The van der Waals surface area contributed by atoms with Gasteiger partial charge < -0.3 is 5.32 Å². The number of anilines is 1. The van der Waals surface area contributed by atoms with Gasteiger partial charge in [0.1, 0.15) is 6.54 Å². The molecule has 0 saturated carbocycles. The molecular formula is C17H20N2O3S. The van der Waals surface area contributed by atoms with Gasteiger partial charge in [-0.05, 0) is 43.2 Å². The van der Waals surface area contributed by atoms with Crippen LogP contribution in [0.4, 0.5) is 5.69 Å². The summed E-state index contributed by atoms with van der Waals surface area (Å²) in [5, 5.41) is 2.47. The molecule has 5 nitrogen and oxygen atoms in total. The van der Waals surface area contributed by atoms with Crippen LogP contribution in [0.15, 0.2) is 53.4 Å². The number of sulfonamides is 1. The first-order valence-corrected chi connectivity index (χ1v) is 8.66. The molecule has 0 fully saturated rings. The van der Waals surface area contributed by atoms with E-state index in [4.69, 9.17) is 0 Å². The zero-order valence-corrected chi connectivity index (χ0v) is 14.2. The van der Waals surface area contributed by atoms with E-state index >= 15 is 0 Å². The summed E-state index contributed by atoms with van der Waals surface area (Å²) in [6.45, 7) is 3.38. The van der Waals surface area contributed by atoms with E-state index < -0.39 is 10.0 Å². The van der Waals surface area contributed by atoms with Crippen molar-refractivity contribution >= 4 is 21.6 Å². The summed E-state index contributed by atoms with van der Waals surface area (Å²) in [6.07, 6.45) is 0. The van der Waals surface area contributed by atoms with Gasteiger partial charge in [0.2, 0.25) is 5.91 Å². The Hall–Kier alpha value is -2.34. The minimum Gasteiger partial charge on any atom is -0.358 e. The molecule has 23 heavy (non-hydrogen) atoms. The van der Waals surface area contributed by atoms with Crippen molar-refractivity contribution in [2.45, 2.75) is 18.7 Å². The molecule has 0 bridgehead atoms. The number of hydrogen-bond donors (Lipinski definition) is 1. The second-order valence-electron chi connectivity index (χ2n) is 5.29. The fourth-order valence-electron chi connectivity index (χ4n) is 2.26. The number of likely N-dealkylation sites (N-methyl/N-ethyl adjacent to an activating group) is 1. The van der Waals surface area contributed by atoms with Crippen LogP contribution in [0, 0.1) is 13.8 Å². The summed E-state index contributed by atoms with van der Waals surface area (Å²) in [5.74, 6) is -0.371. The van der Waals surface area contributed by atoms with Crippen LogP contribution in [0.3, 0.4) is 0 Å². The van der Waals surface area contributed by atoms with Crippen molar-refractivity contribution in [2.24, 2.45) is 0 Å². The fraction of sp³-hybridized carbons (Fsp3) is 0.235. The highest BCUT2D eigenvalue weighted by molar-refractivity contribution is 7.92. The highest BCUT2D eigenvalue weighted by Gasteiger charge is 2.27. The van der Waals surface area contributed by atoms with E-state index in [1.54, 1.807) is 24.3 Å². The van der Waals surface area contributed by atoms with E-state index in [1.165, 1.54) is 13.1 Å². The molecule has 0 unspecified atom stereocenters. The van der Waals surface area contributed by atoms with E-state index in [-0.39, 0.29) is 17.3 Å². The number of para-hydroxylation sites is 1. The van der Waals surface area contributed by atoms with Crippen LogP contribution in [-0.2, 0) is 14.8 Å². The van der Waals surface area contributed by atoms with Gasteiger partial charge in [0.05, 0.1) is 10.6 Å². The molecule has 0 heterocycles. The lowest BCUT2D eigenvalue weighted by molar-refractivity contribution is -0.119. The summed E-state index contributed by atoms with van der Waals surface area (Å²) in [4.78, 5) is 12.0. The maximum Gasteiger partial charge on any atom is 0.264 e. The smallest absolute Gasteiger partial charge is 0.264 e. The number of amides is 1. The molecule has 0 atom stereocenters. The molecule has 2 aromatic carbocycles. The molecule has 6 heteroatoms. The predicted octanol–water partition coefficient (Wildman–Crippen LogP) is 2.24. The Labute approximate surface area is 137 Å². The molecule has 0 spiro atoms. The van der Waals surface area contributed by atoms with Crippen LogP contribution in [0.1, 0.15) is 11.1 Å². The standard InChI is InChI=1S/C17H20N2O3S/c1-13-7-6-9-15(11-13)23(21,22)19(12-17(20)18-3)16-10-5-4-8-14(16)2/h4-11H,12H2,1-3H3,(H,18,20). The van der Waals surface area contributed by atoms with Gasteiger partial charge in [0, 0.05) is 7.05 Å².